The van der Waals surface area contributed by atoms with Crippen LogP contribution in [0.5, 0.6) is 0 Å². The van der Waals surface area contributed by atoms with Crippen molar-refractivity contribution in [2.75, 3.05) is 47.7 Å². The third-order valence-corrected chi connectivity index (χ3v) is 16.5. The number of H-pyrrole nitrogens is 2. The number of alkyl halides is 1. The number of piperidine rings is 2. The van der Waals surface area contributed by atoms with Crippen molar-refractivity contribution in [3.05, 3.63) is 167 Å². The number of rotatable bonds is 14. The quantitative estimate of drug-likeness (QED) is 0.0259. The number of anilines is 4. The van der Waals surface area contributed by atoms with Gasteiger partial charge in [-0.05, 0) is 144 Å². The average Bonchev–Trinajstić information content (AvgIpc) is 3.54. The number of para-hydroxylation sites is 2. The number of allylic oxidation sites excluding steroid dienone is 2. The van der Waals surface area contributed by atoms with E-state index in [2.05, 4.69) is 67.7 Å². The molecule has 436 valence electrons. The van der Waals surface area contributed by atoms with Crippen LogP contribution < -0.4 is 21.7 Å². The number of aromatic nitrogens is 6. The molecular formula is C63H67BrCl3N13O4. The predicted molar refractivity (Wildman–Crippen MR) is 342 cm³/mol. The molecule has 0 radical (unpaired) electrons. The third-order valence-electron chi connectivity index (χ3n) is 15.4. The highest BCUT2D eigenvalue weighted by Crippen LogP contribution is 2.41. The van der Waals surface area contributed by atoms with Crippen LogP contribution >= 0.6 is 50.7 Å². The minimum absolute atomic E-state index is 0. The lowest BCUT2D eigenvalue weighted by molar-refractivity contribution is -0.112. The van der Waals surface area contributed by atoms with Gasteiger partial charge in [-0.15, -0.1) is 0 Å². The van der Waals surface area contributed by atoms with Crippen LogP contribution in [0.15, 0.2) is 146 Å². The number of fused-ring (bicyclic) bond motifs is 6. The van der Waals surface area contributed by atoms with Gasteiger partial charge in [-0.25, -0.2) is 19.9 Å². The number of halogens is 4. The van der Waals surface area contributed by atoms with E-state index in [9.17, 15) is 19.2 Å². The number of aromatic amines is 2. The van der Waals surface area contributed by atoms with Gasteiger partial charge in [0.05, 0.1) is 33.8 Å². The number of carbonyl (C=O) groups excluding carboxylic acids is 4. The number of likely N-dealkylation sites (N-methyl/N-ethyl adjacent to an activating group) is 1. The molecular weight excluding hydrogens is 1190 g/mol. The predicted octanol–water partition coefficient (Wildman–Crippen LogP) is 13.0. The van der Waals surface area contributed by atoms with Gasteiger partial charge in [0.15, 0.2) is 0 Å². The van der Waals surface area contributed by atoms with Crippen LogP contribution in [0.4, 0.5) is 23.3 Å². The summed E-state index contributed by atoms with van der Waals surface area (Å²) >= 11 is 21.0. The first-order chi connectivity index (χ1) is 40.2. The minimum atomic E-state index is -0.431. The van der Waals surface area contributed by atoms with Crippen molar-refractivity contribution < 1.29 is 19.2 Å². The first-order valence-electron chi connectivity index (χ1n) is 27.6. The first kappa shape index (κ1) is 61.0. The number of benzene rings is 4. The summed E-state index contributed by atoms with van der Waals surface area (Å²) in [5.74, 6) is 1.04. The lowest BCUT2D eigenvalue weighted by atomic mass is 9.96. The van der Waals surface area contributed by atoms with E-state index < -0.39 is 5.24 Å². The van der Waals surface area contributed by atoms with Gasteiger partial charge < -0.3 is 46.4 Å². The normalized spacial score (nSPS) is 19.6. The summed E-state index contributed by atoms with van der Waals surface area (Å²) in [5.41, 5.74) is 13.8. The molecule has 4 aromatic heterocycles. The largest absolute Gasteiger partial charge is 0.399 e. The molecule has 4 saturated heterocycles. The maximum Gasteiger partial charge on any atom is 0.254 e. The van der Waals surface area contributed by atoms with E-state index in [0.29, 0.717) is 67.7 Å². The molecule has 84 heavy (non-hydrogen) atoms. The van der Waals surface area contributed by atoms with E-state index in [1.165, 1.54) is 12.2 Å². The van der Waals surface area contributed by atoms with E-state index >= 15 is 0 Å². The van der Waals surface area contributed by atoms with Gasteiger partial charge in [-0.1, -0.05) is 95.1 Å². The number of nitrogens with two attached hydrogens (primary N) is 1. The molecule has 6 atom stereocenters. The summed E-state index contributed by atoms with van der Waals surface area (Å²) in [6.45, 7) is 0.689. The minimum Gasteiger partial charge on any atom is -0.399 e. The highest BCUT2D eigenvalue weighted by Gasteiger charge is 2.45. The van der Waals surface area contributed by atoms with Crippen LogP contribution in [0, 0.1) is 0 Å². The molecule has 8 aromatic rings. The maximum atomic E-state index is 13.5. The average molecular weight is 1260 g/mol. The number of nitrogen functional groups attached to an aromatic ring is 1. The van der Waals surface area contributed by atoms with E-state index in [1.54, 1.807) is 54.9 Å². The third kappa shape index (κ3) is 14.5. The molecule has 2 unspecified atom stereocenters. The fourth-order valence-corrected chi connectivity index (χ4v) is 12.4. The van der Waals surface area contributed by atoms with Gasteiger partial charge in [0, 0.05) is 122 Å². The maximum absolute atomic E-state index is 13.5. The van der Waals surface area contributed by atoms with Crippen molar-refractivity contribution in [2.24, 2.45) is 0 Å². The number of nitrogens with one attached hydrogen (secondary N) is 5. The molecule has 0 saturated carbocycles. The Kier molecular flexibility index (Phi) is 20.2. The van der Waals surface area contributed by atoms with Gasteiger partial charge in [-0.3, -0.25) is 19.2 Å². The molecule has 0 aliphatic carbocycles. The molecule has 3 amide bonds. The molecule has 12 rings (SSSR count). The Bertz CT molecular complexity index is 3660. The molecule has 8 heterocycles. The zero-order valence-corrected chi connectivity index (χ0v) is 49.6. The Morgan fingerprint density at radius 3 is 1.51 bits per heavy atom. The van der Waals surface area contributed by atoms with Gasteiger partial charge >= 0.3 is 0 Å². The summed E-state index contributed by atoms with van der Waals surface area (Å²) in [4.78, 5) is 79.9. The van der Waals surface area contributed by atoms with Crippen LogP contribution in [0.2, 0.25) is 10.0 Å². The number of hydrogen-bond donors (Lipinski definition) is 6. The molecule has 4 fully saturated rings. The Balaban J connectivity index is 0.000000182. The SMILES string of the molecule is C.CN(C)C/C=C/C(=O)Nc1ccc(C(=O)N2[C@@H]3CC[C@H]2CC(Nc2ncc(Cl)c(-c4c[nH]c5ccccc45)n2)C3)cc1.Nc1ccc(C(=O)N2[C@@H]3CC[C@H]2CC(Nc2ncc(Cl)c(-c4c[nH]c5ccccc45)n2)C3)cc1.O=C(Cl)/C=C/CBr. The molecule has 4 aliphatic heterocycles. The molecule has 21 heteroatoms. The van der Waals surface area contributed by atoms with E-state index in [1.807, 2.05) is 92.1 Å². The molecule has 0 spiro atoms. The van der Waals surface area contributed by atoms with E-state index in [4.69, 9.17) is 50.5 Å². The summed E-state index contributed by atoms with van der Waals surface area (Å²) in [6, 6.07) is 31.6. The molecule has 7 N–H and O–H groups in total. The summed E-state index contributed by atoms with van der Waals surface area (Å²) < 4.78 is 0. The highest BCUT2D eigenvalue weighted by atomic mass is 79.9. The van der Waals surface area contributed by atoms with Gasteiger partial charge in [0.1, 0.15) is 0 Å². The smallest absolute Gasteiger partial charge is 0.254 e. The second-order valence-corrected chi connectivity index (χ2v) is 23.1. The lowest BCUT2D eigenvalue weighted by Gasteiger charge is -2.39. The number of carbonyl (C=O) groups is 4. The lowest BCUT2D eigenvalue weighted by Crippen LogP contribution is -2.49. The standard InChI is InChI=1S/C32H34ClN7O2.C26H25ClN6O.C4H4BrClO.CH4/c1-39(2)15-5-8-29(41)36-21-11-9-20(10-12-21)31(42)40-23-13-14-24(40)17-22(16-23)37-32-35-19-27(33)30(38-32)26-18-34-28-7-4-3-6-25(26)28;27-22-14-30-26(32-24(22)21-13-29-23-4-2-1-3-20(21)23)31-17-11-18-9-10-19(12-17)33(18)25(34)15-5-7-16(28)8-6-15;5-3-1-2-4(6)7;/h3-12,18-19,22-24,34H,13-17H2,1-2H3,(H,36,41)(H,35,37,38);1-8,13-14,17-19,29H,9-12,28H2,(H,30,31,32);1-2H,3H2;1H4/b8-5+;;2-1+;/t22?,23-,24+;17?,18-,19+;;. The van der Waals surface area contributed by atoms with Gasteiger partial charge in [0.2, 0.25) is 23.0 Å². The molecule has 4 aromatic carbocycles. The summed E-state index contributed by atoms with van der Waals surface area (Å²) in [7, 11) is 3.89. The Morgan fingerprint density at radius 2 is 1.10 bits per heavy atom. The number of nitrogens with zero attached hydrogens (tertiary/aromatic N) is 7. The van der Waals surface area contributed by atoms with Gasteiger partial charge in [-0.2, -0.15) is 0 Å². The van der Waals surface area contributed by atoms with Crippen LogP contribution in [-0.2, 0) is 9.59 Å². The van der Waals surface area contributed by atoms with E-state index in [0.717, 1.165) is 84.3 Å². The van der Waals surface area contributed by atoms with Gasteiger partial charge in [0.25, 0.3) is 11.8 Å². The first-order valence-corrected chi connectivity index (χ1v) is 29.8. The molecule has 4 aliphatic rings. The van der Waals surface area contributed by atoms with Crippen molar-refractivity contribution in [1.82, 2.24) is 44.6 Å². The Hall–Kier alpha value is -7.61. The fraction of sp³-hybridized carbons (Fsp3) is 0.302. The fourth-order valence-electron chi connectivity index (χ4n) is 11.7. The number of hydrogen-bond acceptors (Lipinski definition) is 12. The Morgan fingerprint density at radius 1 is 0.655 bits per heavy atom. The Labute approximate surface area is 512 Å². The molecule has 17 nitrogen and oxygen atoms in total. The van der Waals surface area contributed by atoms with E-state index in [-0.39, 0.29) is 61.4 Å². The van der Waals surface area contributed by atoms with Crippen molar-refractivity contribution in [3.63, 3.8) is 0 Å². The van der Waals surface area contributed by atoms with Crippen molar-refractivity contribution in [1.29, 1.82) is 0 Å². The topological polar surface area (TPSA) is 223 Å². The molecule has 4 bridgehead atoms. The van der Waals surface area contributed by atoms with Crippen molar-refractivity contribution in [2.45, 2.75) is 95.0 Å². The van der Waals surface area contributed by atoms with Crippen LogP contribution in [-0.4, -0.2) is 130 Å². The van der Waals surface area contributed by atoms with Crippen LogP contribution in [0.3, 0.4) is 0 Å². The highest BCUT2D eigenvalue weighted by molar-refractivity contribution is 9.09. The zero-order chi connectivity index (χ0) is 58.1. The van der Waals surface area contributed by atoms with Crippen molar-refractivity contribution in [3.8, 4) is 22.5 Å². The zero-order valence-electron chi connectivity index (χ0n) is 45.7. The monoisotopic (exact) mass is 1250 g/mol. The second-order valence-electron chi connectivity index (χ2n) is 21.3. The summed E-state index contributed by atoms with van der Waals surface area (Å²) in [5, 5.41) is 13.3. The van der Waals surface area contributed by atoms with Crippen LogP contribution in [0.25, 0.3) is 44.3 Å². The van der Waals surface area contributed by atoms with Crippen molar-refractivity contribution >= 4 is 119 Å². The summed E-state index contributed by atoms with van der Waals surface area (Å²) in [6.07, 6.45) is 20.8. The number of amides is 3. The second kappa shape index (κ2) is 27.9. The van der Waals surface area contributed by atoms with Crippen LogP contribution in [0.1, 0.15) is 79.5 Å².